The second-order valence-electron chi connectivity index (χ2n) is 6.28. The van der Waals surface area contributed by atoms with Crippen LogP contribution in [0.5, 0.6) is 0 Å². The van der Waals surface area contributed by atoms with Crippen molar-refractivity contribution in [3.05, 3.63) is 0 Å². The van der Waals surface area contributed by atoms with Crippen molar-refractivity contribution in [2.45, 2.75) is 50.9 Å². The lowest BCUT2D eigenvalue weighted by molar-refractivity contribution is -0.135. The molecule has 1 rings (SSSR count). The summed E-state index contributed by atoms with van der Waals surface area (Å²) in [7, 11) is -2.19. The molecule has 1 aliphatic rings. The molecule has 3 N–H and O–H groups in total. The van der Waals surface area contributed by atoms with Gasteiger partial charge in [-0.15, -0.1) is 0 Å². The number of carbonyl (C=O) groups excluding carboxylic acids is 2. The smallest absolute Gasteiger partial charge is 0.223 e. The van der Waals surface area contributed by atoms with Gasteiger partial charge in [-0.25, -0.2) is 0 Å². The highest BCUT2D eigenvalue weighted by Crippen LogP contribution is 2.27. The van der Waals surface area contributed by atoms with Crippen LogP contribution in [0.15, 0.2) is 0 Å². The fraction of sp³-hybridized carbons (Fsp3) is 0.786. The highest BCUT2D eigenvalue weighted by atomic mass is 28.3. The maximum absolute atomic E-state index is 12.5. The second-order valence-corrected chi connectivity index (χ2v) is 11.0. The highest BCUT2D eigenvalue weighted by Gasteiger charge is 2.40. The van der Waals surface area contributed by atoms with Crippen LogP contribution in [0.2, 0.25) is 19.1 Å². The lowest BCUT2D eigenvalue weighted by atomic mass is 9.87. The van der Waals surface area contributed by atoms with E-state index in [0.29, 0.717) is 31.9 Å². The van der Waals surface area contributed by atoms with Crippen molar-refractivity contribution in [3.8, 4) is 6.07 Å². The number of primary amides is 1. The first kappa shape index (κ1) is 17.7. The van der Waals surface area contributed by atoms with Crippen LogP contribution in [0.4, 0.5) is 4.79 Å². The number of hydrogen-bond donors (Lipinski definition) is 2. The Balaban J connectivity index is 2.77. The van der Waals surface area contributed by atoms with Gasteiger partial charge in [0.25, 0.3) is 0 Å². The molecule has 0 saturated carbocycles. The van der Waals surface area contributed by atoms with E-state index in [1.165, 1.54) is 0 Å². The number of hydrogen-bond acceptors (Lipinski definition) is 4. The molecule has 21 heavy (non-hydrogen) atoms. The molecule has 0 radical (unpaired) electrons. The molecule has 118 valence electrons. The molecule has 0 aromatic heterocycles. The lowest BCUT2D eigenvalue weighted by Gasteiger charge is -2.41. The Morgan fingerprint density at radius 1 is 1.38 bits per heavy atom. The van der Waals surface area contributed by atoms with E-state index >= 15 is 0 Å². The van der Waals surface area contributed by atoms with Gasteiger partial charge in [0, 0.05) is 13.0 Å². The van der Waals surface area contributed by atoms with Crippen LogP contribution >= 0.6 is 0 Å². The minimum atomic E-state index is -2.19. The molecule has 0 aromatic carbocycles. The molecule has 0 aliphatic carbocycles. The zero-order valence-electron chi connectivity index (χ0n) is 13.2. The molecule has 1 heterocycles. The SMILES string of the molecule is CCN(C(=O)CC[Si](C)(C)C(N)=O)C1(C#N)CCNCC1. The highest BCUT2D eigenvalue weighted by molar-refractivity contribution is 7.04. The molecular formula is C14H26N4O2Si. The number of carbonyl (C=O) groups is 2. The van der Waals surface area contributed by atoms with Crippen LogP contribution < -0.4 is 11.1 Å². The van der Waals surface area contributed by atoms with E-state index in [1.54, 1.807) is 4.90 Å². The molecule has 0 atom stereocenters. The molecule has 0 bridgehead atoms. The van der Waals surface area contributed by atoms with Crippen LogP contribution in [0.1, 0.15) is 26.2 Å². The summed E-state index contributed by atoms with van der Waals surface area (Å²) in [5.74, 6) is -0.0391. The number of piperidine rings is 1. The third-order valence-electron chi connectivity index (χ3n) is 4.40. The van der Waals surface area contributed by atoms with E-state index < -0.39 is 13.6 Å². The van der Waals surface area contributed by atoms with E-state index in [4.69, 9.17) is 5.73 Å². The van der Waals surface area contributed by atoms with Crippen LogP contribution in [0.25, 0.3) is 0 Å². The van der Waals surface area contributed by atoms with Crippen molar-refractivity contribution in [1.82, 2.24) is 10.2 Å². The zero-order valence-corrected chi connectivity index (χ0v) is 14.2. The molecule has 0 unspecified atom stereocenters. The monoisotopic (exact) mass is 310 g/mol. The van der Waals surface area contributed by atoms with Gasteiger partial charge in [-0.05, 0) is 38.9 Å². The second kappa shape index (κ2) is 7.05. The van der Waals surface area contributed by atoms with Crippen LogP contribution in [0.3, 0.4) is 0 Å². The first-order chi connectivity index (χ1) is 9.79. The summed E-state index contributed by atoms with van der Waals surface area (Å²) in [6.07, 6.45) is 1.60. The maximum atomic E-state index is 12.5. The average molecular weight is 310 g/mol. The Hall–Kier alpha value is -1.39. The van der Waals surface area contributed by atoms with Crippen molar-refractivity contribution < 1.29 is 9.59 Å². The van der Waals surface area contributed by atoms with Gasteiger partial charge in [0.1, 0.15) is 5.54 Å². The lowest BCUT2D eigenvalue weighted by Crippen LogP contribution is -2.56. The van der Waals surface area contributed by atoms with Crippen molar-refractivity contribution in [1.29, 1.82) is 5.26 Å². The molecule has 1 aliphatic heterocycles. The number of nitrogens with zero attached hydrogens (tertiary/aromatic N) is 2. The van der Waals surface area contributed by atoms with Gasteiger partial charge in [-0.1, -0.05) is 13.1 Å². The minimum Gasteiger partial charge on any atom is -0.374 e. The number of nitrogens with two attached hydrogens (primary N) is 1. The van der Waals surface area contributed by atoms with Crippen molar-refractivity contribution in [2.75, 3.05) is 19.6 Å². The summed E-state index contributed by atoms with van der Waals surface area (Å²) in [6, 6.07) is 2.89. The molecule has 1 saturated heterocycles. The standard InChI is InChI=1S/C14H26N4O2Si/c1-4-18(14(11-15)6-8-17-9-7-14)12(19)5-10-21(2,3)13(16)20/h17H,4-10H2,1-3H3,(H2,16,20). The van der Waals surface area contributed by atoms with Gasteiger partial charge >= 0.3 is 0 Å². The third kappa shape index (κ3) is 4.05. The summed E-state index contributed by atoms with van der Waals surface area (Å²) >= 11 is 0. The predicted molar refractivity (Wildman–Crippen MR) is 84.3 cm³/mol. The van der Waals surface area contributed by atoms with E-state index in [1.807, 2.05) is 20.0 Å². The van der Waals surface area contributed by atoms with Gasteiger partial charge < -0.3 is 16.0 Å². The quantitative estimate of drug-likeness (QED) is 0.721. The molecule has 6 nitrogen and oxygen atoms in total. The average Bonchev–Trinajstić information content (AvgIpc) is 2.46. The fourth-order valence-electron chi connectivity index (χ4n) is 2.68. The van der Waals surface area contributed by atoms with Gasteiger partial charge in [-0.2, -0.15) is 5.26 Å². The van der Waals surface area contributed by atoms with Gasteiger partial charge in [-0.3, -0.25) is 9.59 Å². The number of amides is 2. The zero-order chi connectivity index (χ0) is 16.1. The van der Waals surface area contributed by atoms with Crippen molar-refractivity contribution in [2.24, 2.45) is 5.73 Å². The van der Waals surface area contributed by atoms with Gasteiger partial charge in [0.2, 0.25) is 5.91 Å². The van der Waals surface area contributed by atoms with Gasteiger partial charge in [0.15, 0.2) is 13.6 Å². The Labute approximate surface area is 127 Å². The molecule has 2 amide bonds. The van der Waals surface area contributed by atoms with Crippen molar-refractivity contribution in [3.63, 3.8) is 0 Å². The number of nitriles is 1. The van der Waals surface area contributed by atoms with E-state index in [0.717, 1.165) is 13.1 Å². The Morgan fingerprint density at radius 2 is 1.95 bits per heavy atom. The summed E-state index contributed by atoms with van der Waals surface area (Å²) in [5, 5.41) is 12.8. The molecule has 0 aromatic rings. The Morgan fingerprint density at radius 3 is 2.38 bits per heavy atom. The number of nitrogens with one attached hydrogen (secondary N) is 1. The molecule has 1 fully saturated rings. The van der Waals surface area contributed by atoms with E-state index in [-0.39, 0.29) is 11.4 Å². The third-order valence-corrected chi connectivity index (χ3v) is 7.24. The van der Waals surface area contributed by atoms with Crippen molar-refractivity contribution >= 4 is 19.5 Å². The Bertz CT molecular complexity index is 439. The first-order valence-electron chi connectivity index (χ1n) is 7.51. The van der Waals surface area contributed by atoms with Gasteiger partial charge in [0.05, 0.1) is 6.07 Å². The molecule has 7 heteroatoms. The van der Waals surface area contributed by atoms with E-state index in [9.17, 15) is 14.9 Å². The normalized spacial score (nSPS) is 17.8. The van der Waals surface area contributed by atoms with Crippen LogP contribution in [-0.2, 0) is 4.79 Å². The topological polar surface area (TPSA) is 99.2 Å². The molecule has 0 spiro atoms. The predicted octanol–water partition coefficient (Wildman–Crippen LogP) is 1.24. The first-order valence-corrected chi connectivity index (χ1v) is 10.7. The number of rotatable bonds is 6. The summed E-state index contributed by atoms with van der Waals surface area (Å²) in [4.78, 5) is 25.6. The molecular weight excluding hydrogens is 284 g/mol. The summed E-state index contributed by atoms with van der Waals surface area (Å²) in [5.41, 5.74) is 4.43. The van der Waals surface area contributed by atoms with Crippen LogP contribution in [-0.4, -0.2) is 49.6 Å². The summed E-state index contributed by atoms with van der Waals surface area (Å²) in [6.45, 7) is 7.67. The fourth-order valence-corrected chi connectivity index (χ4v) is 3.76. The summed E-state index contributed by atoms with van der Waals surface area (Å²) < 4.78 is 0. The minimum absolute atomic E-state index is 0.0391. The van der Waals surface area contributed by atoms with E-state index in [2.05, 4.69) is 11.4 Å². The largest absolute Gasteiger partial charge is 0.374 e. The van der Waals surface area contributed by atoms with Crippen LogP contribution in [0, 0.1) is 11.3 Å². The Kier molecular flexibility index (Phi) is 5.93. The maximum Gasteiger partial charge on any atom is 0.223 e.